The summed E-state index contributed by atoms with van der Waals surface area (Å²) in [5, 5.41) is 12.9. The summed E-state index contributed by atoms with van der Waals surface area (Å²) >= 11 is 0. The fraction of sp³-hybridized carbons (Fsp3) is 0.250. The van der Waals surface area contributed by atoms with Crippen molar-refractivity contribution in [3.05, 3.63) is 35.9 Å². The molecule has 0 spiro atoms. The molecule has 1 atom stereocenters. The number of aliphatic hydroxyl groups is 1. The molecule has 1 aromatic carbocycles. The minimum absolute atomic E-state index is 0.327. The van der Waals surface area contributed by atoms with E-state index >= 15 is 0 Å². The summed E-state index contributed by atoms with van der Waals surface area (Å²) in [7, 11) is 0. The van der Waals surface area contributed by atoms with Crippen molar-refractivity contribution >= 4 is 5.82 Å². The maximum absolute atomic E-state index is 9.25. The van der Waals surface area contributed by atoms with Crippen molar-refractivity contribution in [3.63, 3.8) is 0 Å². The van der Waals surface area contributed by atoms with Crippen LogP contribution in [0.4, 0.5) is 5.82 Å². The summed E-state index contributed by atoms with van der Waals surface area (Å²) in [6, 6.07) is 9.46. The second-order valence-electron chi connectivity index (χ2n) is 3.87. The molecule has 0 saturated heterocycles. The van der Waals surface area contributed by atoms with Gasteiger partial charge in [-0.2, -0.15) is 0 Å². The molecule has 0 saturated carbocycles. The molecule has 2 aromatic rings. The Kier molecular flexibility index (Phi) is 2.92. The number of nitrogens with two attached hydrogens (primary N) is 1. The Labute approximate surface area is 93.7 Å². The van der Waals surface area contributed by atoms with Gasteiger partial charge in [0.05, 0.1) is 6.10 Å². The summed E-state index contributed by atoms with van der Waals surface area (Å²) in [5.41, 5.74) is 7.49. The Hall–Kier alpha value is -1.81. The van der Waals surface area contributed by atoms with Crippen LogP contribution in [-0.2, 0) is 6.42 Å². The second-order valence-corrected chi connectivity index (χ2v) is 3.87. The average Bonchev–Trinajstić information content (AvgIpc) is 2.65. The van der Waals surface area contributed by atoms with Gasteiger partial charge in [-0.3, -0.25) is 0 Å². The van der Waals surface area contributed by atoms with E-state index in [1.54, 1.807) is 13.0 Å². The van der Waals surface area contributed by atoms with E-state index in [0.717, 1.165) is 11.1 Å². The third kappa shape index (κ3) is 2.41. The Bertz CT molecular complexity index is 460. The number of aliphatic hydroxyl groups excluding tert-OH is 1. The second kappa shape index (κ2) is 4.37. The molecule has 16 heavy (non-hydrogen) atoms. The summed E-state index contributed by atoms with van der Waals surface area (Å²) < 4.78 is 5.05. The molecule has 0 amide bonds. The molecule has 0 fully saturated rings. The van der Waals surface area contributed by atoms with E-state index in [4.69, 9.17) is 10.3 Å². The summed E-state index contributed by atoms with van der Waals surface area (Å²) in [6.45, 7) is 1.77. The first-order chi connectivity index (χ1) is 7.65. The SMILES string of the molecule is CC(O)Cc1ccc(-c2cc(N)no2)cc1. The predicted octanol–water partition coefficient (Wildman–Crippen LogP) is 1.85. The molecule has 2 rings (SSSR count). The number of benzene rings is 1. The van der Waals surface area contributed by atoms with Gasteiger partial charge < -0.3 is 15.4 Å². The lowest BCUT2D eigenvalue weighted by molar-refractivity contribution is 0.195. The molecule has 3 N–H and O–H groups in total. The normalized spacial score (nSPS) is 12.6. The van der Waals surface area contributed by atoms with Gasteiger partial charge in [0.1, 0.15) is 0 Å². The first-order valence-corrected chi connectivity index (χ1v) is 5.15. The van der Waals surface area contributed by atoms with Crippen molar-refractivity contribution in [1.82, 2.24) is 5.16 Å². The Morgan fingerprint density at radius 1 is 1.38 bits per heavy atom. The summed E-state index contributed by atoms with van der Waals surface area (Å²) in [5.74, 6) is 1.03. The molecular weight excluding hydrogens is 204 g/mol. The van der Waals surface area contributed by atoms with E-state index in [0.29, 0.717) is 18.0 Å². The highest BCUT2D eigenvalue weighted by Gasteiger charge is 2.05. The van der Waals surface area contributed by atoms with Crippen molar-refractivity contribution in [2.45, 2.75) is 19.4 Å². The highest BCUT2D eigenvalue weighted by atomic mass is 16.5. The first kappa shape index (κ1) is 10.7. The van der Waals surface area contributed by atoms with Crippen molar-refractivity contribution in [2.24, 2.45) is 0 Å². The molecule has 84 valence electrons. The van der Waals surface area contributed by atoms with Crippen molar-refractivity contribution in [1.29, 1.82) is 0 Å². The first-order valence-electron chi connectivity index (χ1n) is 5.15. The number of hydrogen-bond donors (Lipinski definition) is 2. The quantitative estimate of drug-likeness (QED) is 0.824. The lowest BCUT2D eigenvalue weighted by Gasteiger charge is -2.04. The molecule has 1 heterocycles. The van der Waals surface area contributed by atoms with E-state index in [1.165, 1.54) is 0 Å². The van der Waals surface area contributed by atoms with Gasteiger partial charge in [0, 0.05) is 11.6 Å². The Morgan fingerprint density at radius 2 is 2.06 bits per heavy atom. The highest BCUT2D eigenvalue weighted by molar-refractivity contribution is 5.60. The van der Waals surface area contributed by atoms with E-state index in [1.807, 2.05) is 24.3 Å². The molecule has 0 radical (unpaired) electrons. The highest BCUT2D eigenvalue weighted by Crippen LogP contribution is 2.21. The topological polar surface area (TPSA) is 72.3 Å². The zero-order chi connectivity index (χ0) is 11.5. The number of aromatic nitrogens is 1. The van der Waals surface area contributed by atoms with Gasteiger partial charge in [-0.05, 0) is 18.9 Å². The minimum atomic E-state index is -0.327. The van der Waals surface area contributed by atoms with E-state index in [9.17, 15) is 5.11 Å². The monoisotopic (exact) mass is 218 g/mol. The van der Waals surface area contributed by atoms with Crippen LogP contribution in [0.1, 0.15) is 12.5 Å². The van der Waals surface area contributed by atoms with E-state index in [2.05, 4.69) is 5.16 Å². The van der Waals surface area contributed by atoms with Crippen LogP contribution in [-0.4, -0.2) is 16.4 Å². The lowest BCUT2D eigenvalue weighted by atomic mass is 10.1. The number of nitrogens with zero attached hydrogens (tertiary/aromatic N) is 1. The van der Waals surface area contributed by atoms with Gasteiger partial charge in [0.2, 0.25) is 0 Å². The van der Waals surface area contributed by atoms with Crippen LogP contribution in [0.5, 0.6) is 0 Å². The van der Waals surface area contributed by atoms with Crippen molar-refractivity contribution in [2.75, 3.05) is 5.73 Å². The smallest absolute Gasteiger partial charge is 0.169 e. The molecule has 4 nitrogen and oxygen atoms in total. The molecule has 0 aliphatic carbocycles. The van der Waals surface area contributed by atoms with Gasteiger partial charge in [-0.1, -0.05) is 29.4 Å². The standard InChI is InChI=1S/C12H14N2O2/c1-8(15)6-9-2-4-10(5-3-9)11-7-12(13)14-16-11/h2-5,7-8,15H,6H2,1H3,(H2,13,14). The van der Waals surface area contributed by atoms with Crippen LogP contribution in [0.3, 0.4) is 0 Å². The zero-order valence-corrected chi connectivity index (χ0v) is 9.05. The largest absolute Gasteiger partial charge is 0.393 e. The molecule has 0 aliphatic heterocycles. The maximum atomic E-state index is 9.25. The Morgan fingerprint density at radius 3 is 2.56 bits per heavy atom. The van der Waals surface area contributed by atoms with Crippen LogP contribution >= 0.6 is 0 Å². The zero-order valence-electron chi connectivity index (χ0n) is 9.05. The van der Waals surface area contributed by atoms with E-state index in [-0.39, 0.29) is 6.10 Å². The summed E-state index contributed by atoms with van der Waals surface area (Å²) in [4.78, 5) is 0. The molecule has 4 heteroatoms. The van der Waals surface area contributed by atoms with Gasteiger partial charge in [0.15, 0.2) is 11.6 Å². The Balaban J connectivity index is 2.19. The van der Waals surface area contributed by atoms with Gasteiger partial charge in [-0.25, -0.2) is 0 Å². The molecule has 0 bridgehead atoms. The molecular formula is C12H14N2O2. The van der Waals surface area contributed by atoms with Gasteiger partial charge in [0.25, 0.3) is 0 Å². The fourth-order valence-corrected chi connectivity index (χ4v) is 1.57. The van der Waals surface area contributed by atoms with Crippen LogP contribution in [0.15, 0.2) is 34.9 Å². The number of nitrogen functional groups attached to an aromatic ring is 1. The molecule has 0 aliphatic rings. The average molecular weight is 218 g/mol. The van der Waals surface area contributed by atoms with E-state index < -0.39 is 0 Å². The van der Waals surface area contributed by atoms with Crippen LogP contribution in [0.2, 0.25) is 0 Å². The third-order valence-corrected chi connectivity index (χ3v) is 2.30. The van der Waals surface area contributed by atoms with Gasteiger partial charge >= 0.3 is 0 Å². The minimum Gasteiger partial charge on any atom is -0.393 e. The van der Waals surface area contributed by atoms with Gasteiger partial charge in [-0.15, -0.1) is 0 Å². The fourth-order valence-electron chi connectivity index (χ4n) is 1.57. The van der Waals surface area contributed by atoms with Crippen molar-refractivity contribution in [3.8, 4) is 11.3 Å². The summed E-state index contributed by atoms with van der Waals surface area (Å²) in [6.07, 6.45) is 0.325. The molecule has 1 unspecified atom stereocenters. The number of rotatable bonds is 3. The van der Waals surface area contributed by atoms with Crippen LogP contribution < -0.4 is 5.73 Å². The maximum Gasteiger partial charge on any atom is 0.169 e. The lowest BCUT2D eigenvalue weighted by Crippen LogP contribution is -2.03. The number of hydrogen-bond acceptors (Lipinski definition) is 4. The number of anilines is 1. The predicted molar refractivity (Wildman–Crippen MR) is 61.7 cm³/mol. The van der Waals surface area contributed by atoms with Crippen molar-refractivity contribution < 1.29 is 9.63 Å². The van der Waals surface area contributed by atoms with Crippen LogP contribution in [0.25, 0.3) is 11.3 Å². The third-order valence-electron chi connectivity index (χ3n) is 2.30. The van der Waals surface area contributed by atoms with Crippen LogP contribution in [0, 0.1) is 0 Å². The molecule has 1 aromatic heterocycles.